The van der Waals surface area contributed by atoms with Gasteiger partial charge in [-0.3, -0.25) is 14.4 Å². The van der Waals surface area contributed by atoms with Crippen molar-refractivity contribution in [2.45, 2.75) is 64.6 Å². The third kappa shape index (κ3) is 8.08. The van der Waals surface area contributed by atoms with Crippen molar-refractivity contribution in [2.24, 2.45) is 11.3 Å². The highest BCUT2D eigenvalue weighted by Gasteiger charge is 2.30. The SMILES string of the molecule is CC(C)(C)[C@H]1CCc2nc3sc(C(=O)N[C@H](CCN[C@H]4COC[C@@H]4O)c4ccc(-c5ccc(=O)[nH]c5)cc4)cc3cc2C1.O=CO. The van der Waals surface area contributed by atoms with E-state index < -0.39 is 6.10 Å². The van der Waals surface area contributed by atoms with Gasteiger partial charge in [-0.2, -0.15) is 0 Å². The lowest BCUT2D eigenvalue weighted by Gasteiger charge is -2.34. The molecule has 0 bridgehead atoms. The Kier molecular flexibility index (Phi) is 10.7. The Balaban J connectivity index is 0.00000134. The summed E-state index contributed by atoms with van der Waals surface area (Å²) in [5.74, 6) is 0.509. The number of aliphatic hydroxyl groups excluding tert-OH is 1. The molecule has 0 unspecified atom stereocenters. The number of aromatic nitrogens is 2. The Morgan fingerprint density at radius 1 is 1.15 bits per heavy atom. The van der Waals surface area contributed by atoms with Gasteiger partial charge >= 0.3 is 0 Å². The van der Waals surface area contributed by atoms with E-state index in [1.54, 1.807) is 12.3 Å². The third-order valence-electron chi connectivity index (χ3n) is 8.95. The van der Waals surface area contributed by atoms with Crippen LogP contribution >= 0.6 is 11.3 Å². The lowest BCUT2D eigenvalue weighted by atomic mass is 9.71. The molecule has 10 nitrogen and oxygen atoms in total. The summed E-state index contributed by atoms with van der Waals surface area (Å²) < 4.78 is 5.38. The van der Waals surface area contributed by atoms with E-state index in [4.69, 9.17) is 19.6 Å². The van der Waals surface area contributed by atoms with Crippen LogP contribution in [0, 0.1) is 11.3 Å². The number of benzene rings is 1. The number of ether oxygens (including phenoxy) is 1. The summed E-state index contributed by atoms with van der Waals surface area (Å²) >= 11 is 1.45. The van der Waals surface area contributed by atoms with Crippen molar-refractivity contribution in [3.05, 3.63) is 86.8 Å². The fourth-order valence-corrected chi connectivity index (χ4v) is 7.11. The minimum absolute atomic E-state index is 0.114. The van der Waals surface area contributed by atoms with Crippen LogP contribution in [-0.4, -0.2) is 64.5 Å². The summed E-state index contributed by atoms with van der Waals surface area (Å²) in [4.78, 5) is 42.8. The van der Waals surface area contributed by atoms with Gasteiger partial charge in [0.1, 0.15) is 4.83 Å². The monoisotopic (exact) mass is 646 g/mol. The zero-order valence-corrected chi connectivity index (χ0v) is 27.2. The van der Waals surface area contributed by atoms with Gasteiger partial charge in [-0.05, 0) is 84.0 Å². The molecular weight excluding hydrogens is 604 g/mol. The molecule has 0 spiro atoms. The van der Waals surface area contributed by atoms with Gasteiger partial charge in [-0.25, -0.2) is 4.98 Å². The fourth-order valence-electron chi connectivity index (χ4n) is 6.18. The first kappa shape index (κ1) is 33.5. The summed E-state index contributed by atoms with van der Waals surface area (Å²) in [6.45, 7) is 8.11. The van der Waals surface area contributed by atoms with Crippen LogP contribution in [0.1, 0.15) is 66.1 Å². The van der Waals surface area contributed by atoms with Crippen LogP contribution in [0.25, 0.3) is 21.3 Å². The molecule has 46 heavy (non-hydrogen) atoms. The van der Waals surface area contributed by atoms with E-state index in [1.165, 1.54) is 28.7 Å². The number of rotatable bonds is 8. The molecule has 1 aliphatic carbocycles. The molecule has 4 heterocycles. The van der Waals surface area contributed by atoms with Gasteiger partial charge in [0.05, 0.1) is 36.3 Å². The number of nitrogens with one attached hydrogen (secondary N) is 3. The van der Waals surface area contributed by atoms with Crippen LogP contribution in [0.5, 0.6) is 0 Å². The van der Waals surface area contributed by atoms with Gasteiger partial charge in [0.25, 0.3) is 12.4 Å². The van der Waals surface area contributed by atoms with Gasteiger partial charge in [0.15, 0.2) is 0 Å². The lowest BCUT2D eigenvalue weighted by molar-refractivity contribution is -0.122. The summed E-state index contributed by atoms with van der Waals surface area (Å²) in [6, 6.07) is 15.2. The van der Waals surface area contributed by atoms with E-state index in [1.807, 2.05) is 30.3 Å². The number of aromatic amines is 1. The van der Waals surface area contributed by atoms with Crippen molar-refractivity contribution in [2.75, 3.05) is 19.8 Å². The van der Waals surface area contributed by atoms with Crippen LogP contribution in [-0.2, 0) is 22.4 Å². The molecule has 3 aromatic heterocycles. The van der Waals surface area contributed by atoms with Crippen molar-refractivity contribution in [3.8, 4) is 11.1 Å². The predicted octanol–water partition coefficient (Wildman–Crippen LogP) is 4.71. The number of carbonyl (C=O) groups excluding carboxylic acids is 1. The molecule has 1 aliphatic heterocycles. The second-order valence-electron chi connectivity index (χ2n) is 13.1. The number of aliphatic hydroxyl groups is 1. The summed E-state index contributed by atoms with van der Waals surface area (Å²) in [5, 5.41) is 24.7. The van der Waals surface area contributed by atoms with Gasteiger partial charge in [-0.1, -0.05) is 45.0 Å². The Bertz CT molecular complexity index is 1690. The second kappa shape index (κ2) is 14.7. The molecule has 0 radical (unpaired) electrons. The molecule has 6 rings (SSSR count). The Morgan fingerprint density at radius 2 is 1.89 bits per heavy atom. The average molecular weight is 647 g/mol. The largest absolute Gasteiger partial charge is 0.483 e. The van der Waals surface area contributed by atoms with Gasteiger partial charge in [0.2, 0.25) is 5.56 Å². The van der Waals surface area contributed by atoms with E-state index in [2.05, 4.69) is 42.5 Å². The molecular formula is C35H42N4O6S. The number of thiophene rings is 1. The number of aryl methyl sites for hydroxylation is 1. The number of carbonyl (C=O) groups is 2. The number of amides is 1. The quantitative estimate of drug-likeness (QED) is 0.173. The number of carboxylic acid groups (broad SMARTS) is 1. The van der Waals surface area contributed by atoms with Crippen molar-refractivity contribution >= 4 is 33.9 Å². The first-order valence-corrected chi connectivity index (χ1v) is 16.5. The summed E-state index contributed by atoms with van der Waals surface area (Å²) in [6.07, 6.45) is 4.97. The van der Waals surface area contributed by atoms with Crippen LogP contribution in [0.3, 0.4) is 0 Å². The van der Waals surface area contributed by atoms with E-state index in [0.29, 0.717) is 37.0 Å². The molecule has 11 heteroatoms. The molecule has 1 fully saturated rings. The van der Waals surface area contributed by atoms with Crippen LogP contribution in [0.2, 0.25) is 0 Å². The molecule has 244 valence electrons. The lowest BCUT2D eigenvalue weighted by Crippen LogP contribution is -2.40. The Labute approximate surface area is 272 Å². The van der Waals surface area contributed by atoms with Crippen molar-refractivity contribution in [3.63, 3.8) is 0 Å². The number of pyridine rings is 2. The molecule has 1 amide bonds. The number of hydrogen-bond donors (Lipinski definition) is 5. The molecule has 4 aromatic rings. The fraction of sp³-hybridized carbons (Fsp3) is 0.429. The van der Waals surface area contributed by atoms with Crippen molar-refractivity contribution in [1.82, 2.24) is 20.6 Å². The maximum absolute atomic E-state index is 13.7. The topological polar surface area (TPSA) is 154 Å². The minimum Gasteiger partial charge on any atom is -0.483 e. The maximum Gasteiger partial charge on any atom is 0.290 e. The van der Waals surface area contributed by atoms with E-state index in [0.717, 1.165) is 46.2 Å². The highest BCUT2D eigenvalue weighted by Crippen LogP contribution is 2.38. The highest BCUT2D eigenvalue weighted by atomic mass is 32.1. The molecule has 0 saturated carbocycles. The van der Waals surface area contributed by atoms with Crippen molar-refractivity contribution < 1.29 is 24.5 Å². The number of H-pyrrole nitrogens is 1. The molecule has 4 atom stereocenters. The molecule has 1 aromatic carbocycles. The van der Waals surface area contributed by atoms with Crippen LogP contribution in [0.15, 0.2) is 59.5 Å². The van der Waals surface area contributed by atoms with Crippen LogP contribution in [0.4, 0.5) is 0 Å². The first-order chi connectivity index (χ1) is 22.0. The number of hydrogen-bond acceptors (Lipinski definition) is 8. The van der Waals surface area contributed by atoms with Gasteiger partial charge < -0.3 is 30.6 Å². The minimum atomic E-state index is -0.528. The van der Waals surface area contributed by atoms with Gasteiger partial charge in [0, 0.05) is 23.3 Å². The first-order valence-electron chi connectivity index (χ1n) is 15.6. The zero-order chi connectivity index (χ0) is 32.8. The second-order valence-corrected chi connectivity index (χ2v) is 14.1. The smallest absolute Gasteiger partial charge is 0.290 e. The summed E-state index contributed by atoms with van der Waals surface area (Å²) in [7, 11) is 0. The van der Waals surface area contributed by atoms with E-state index in [9.17, 15) is 14.7 Å². The van der Waals surface area contributed by atoms with Crippen molar-refractivity contribution in [1.29, 1.82) is 0 Å². The third-order valence-corrected chi connectivity index (χ3v) is 9.99. The summed E-state index contributed by atoms with van der Waals surface area (Å²) in [5.41, 5.74) is 5.48. The standard InChI is InChI=1S/C34H40N4O4S.CH2O2/c1-34(2,3)25-9-10-26-23(15-25)14-24-16-30(43-33(24)38-26)32(41)37-27(12-13-35-28-18-42-19-29(28)39)21-6-4-20(5-7-21)22-8-11-31(40)36-17-22;2-1-3/h4-8,11,14,16-17,25,27-29,35,39H,9-10,12-13,15,18-19H2,1-3H3,(H,36,40)(H,37,41);1H,(H,2,3)/t25-,27+,28-,29-;/m0./s1. The average Bonchev–Trinajstić information content (AvgIpc) is 3.64. The number of fused-ring (bicyclic) bond motifs is 2. The molecule has 1 saturated heterocycles. The maximum atomic E-state index is 13.7. The molecule has 5 N–H and O–H groups in total. The Morgan fingerprint density at radius 3 is 2.54 bits per heavy atom. The number of nitrogens with zero attached hydrogens (tertiary/aromatic N) is 1. The molecule has 2 aliphatic rings. The normalized spacial score (nSPS) is 20.0. The Hall–Kier alpha value is -3.90. The van der Waals surface area contributed by atoms with Crippen LogP contribution < -0.4 is 16.2 Å². The van der Waals surface area contributed by atoms with E-state index in [-0.39, 0.29) is 35.4 Å². The zero-order valence-electron chi connectivity index (χ0n) is 26.4. The van der Waals surface area contributed by atoms with E-state index >= 15 is 0 Å². The highest BCUT2D eigenvalue weighted by molar-refractivity contribution is 7.20. The predicted molar refractivity (Wildman–Crippen MR) is 179 cm³/mol. The van der Waals surface area contributed by atoms with Gasteiger partial charge in [-0.15, -0.1) is 11.3 Å².